The number of hydrogen-bond acceptors (Lipinski definition) is 6. The molecular weight excluding hydrogens is 306 g/mol. The fourth-order valence-electron chi connectivity index (χ4n) is 3.04. The van der Waals surface area contributed by atoms with Crippen LogP contribution in [0.3, 0.4) is 0 Å². The number of rotatable bonds is 5. The molecule has 0 aliphatic carbocycles. The van der Waals surface area contributed by atoms with E-state index in [2.05, 4.69) is 25.6 Å². The number of carbonyl (C=O) groups excluding carboxylic acids is 1. The summed E-state index contributed by atoms with van der Waals surface area (Å²) in [6.07, 6.45) is 3.80. The highest BCUT2D eigenvalue weighted by atomic mass is 16.2. The van der Waals surface area contributed by atoms with Crippen molar-refractivity contribution in [3.8, 4) is 0 Å². The molecule has 24 heavy (non-hydrogen) atoms. The first kappa shape index (κ1) is 16.4. The van der Waals surface area contributed by atoms with E-state index in [0.29, 0.717) is 13.1 Å². The summed E-state index contributed by atoms with van der Waals surface area (Å²) >= 11 is 0. The van der Waals surface area contributed by atoms with Crippen LogP contribution in [0.2, 0.25) is 0 Å². The van der Waals surface area contributed by atoms with Crippen molar-refractivity contribution in [2.24, 2.45) is 5.92 Å². The molecule has 0 radical (unpaired) electrons. The number of nitrogens with one attached hydrogen (secondary N) is 1. The first-order chi connectivity index (χ1) is 11.6. The topological polar surface area (TPSA) is 88.8 Å². The largest absolute Gasteiger partial charge is 0.369 e. The molecule has 0 fully saturated rings. The van der Waals surface area contributed by atoms with E-state index >= 15 is 0 Å². The number of carbonyl (C=O) groups is 1. The lowest BCUT2D eigenvalue weighted by molar-refractivity contribution is -0.137. The van der Waals surface area contributed by atoms with E-state index in [9.17, 15) is 4.79 Å². The number of amides is 1. The number of fused-ring (bicyclic) bond motifs is 1. The Morgan fingerprint density at radius 1 is 1.38 bits per heavy atom. The third kappa shape index (κ3) is 3.22. The van der Waals surface area contributed by atoms with Crippen molar-refractivity contribution in [1.29, 1.82) is 0 Å². The van der Waals surface area contributed by atoms with Gasteiger partial charge in [0.1, 0.15) is 24.5 Å². The number of anilines is 1. The maximum atomic E-state index is 13.0. The minimum atomic E-state index is -0.336. The molecular formula is C16H23N7O. The molecule has 1 aliphatic rings. The predicted molar refractivity (Wildman–Crippen MR) is 89.2 cm³/mol. The quantitative estimate of drug-likeness (QED) is 0.889. The lowest BCUT2D eigenvalue weighted by Gasteiger charge is -2.32. The van der Waals surface area contributed by atoms with Gasteiger partial charge in [-0.1, -0.05) is 13.8 Å². The third-order valence-corrected chi connectivity index (χ3v) is 4.22. The van der Waals surface area contributed by atoms with Crippen LogP contribution in [0.4, 0.5) is 5.82 Å². The Morgan fingerprint density at radius 2 is 2.21 bits per heavy atom. The highest BCUT2D eigenvalue weighted by Crippen LogP contribution is 2.24. The van der Waals surface area contributed by atoms with Gasteiger partial charge < -0.3 is 10.2 Å². The normalized spacial score (nSPS) is 15.2. The standard InChI is InChI=1S/C16H23N7O/c1-4-18-14-7-12-8-22(6-5-13(12)20-21-14)16(24)15(11(2)3)23-10-17-9-19-23/h7,9-11,15H,4-6,8H2,1-3H3,(H,18,21)/t15-/m1/s1. The second-order valence-corrected chi connectivity index (χ2v) is 6.31. The molecule has 128 valence electrons. The third-order valence-electron chi connectivity index (χ3n) is 4.22. The van der Waals surface area contributed by atoms with Gasteiger partial charge >= 0.3 is 0 Å². The Morgan fingerprint density at radius 3 is 2.88 bits per heavy atom. The van der Waals surface area contributed by atoms with E-state index in [-0.39, 0.29) is 17.9 Å². The molecule has 2 aromatic rings. The first-order valence-electron chi connectivity index (χ1n) is 8.32. The van der Waals surface area contributed by atoms with Gasteiger partial charge in [0.05, 0.1) is 5.69 Å². The highest BCUT2D eigenvalue weighted by Gasteiger charge is 2.31. The van der Waals surface area contributed by atoms with Crippen molar-refractivity contribution in [2.75, 3.05) is 18.4 Å². The van der Waals surface area contributed by atoms with Crippen molar-refractivity contribution in [2.45, 2.75) is 39.8 Å². The molecule has 0 unspecified atom stereocenters. The zero-order chi connectivity index (χ0) is 17.1. The van der Waals surface area contributed by atoms with E-state index in [1.807, 2.05) is 31.7 Å². The second kappa shape index (κ2) is 6.94. The molecule has 2 aromatic heterocycles. The summed E-state index contributed by atoms with van der Waals surface area (Å²) in [5.41, 5.74) is 2.03. The van der Waals surface area contributed by atoms with Crippen LogP contribution < -0.4 is 5.32 Å². The van der Waals surface area contributed by atoms with E-state index < -0.39 is 0 Å². The highest BCUT2D eigenvalue weighted by molar-refractivity contribution is 5.81. The molecule has 0 saturated carbocycles. The molecule has 3 rings (SSSR count). The summed E-state index contributed by atoms with van der Waals surface area (Å²) in [6, 6.07) is 1.66. The van der Waals surface area contributed by atoms with Gasteiger partial charge in [-0.05, 0) is 24.5 Å². The summed E-state index contributed by atoms with van der Waals surface area (Å²) in [5, 5.41) is 15.8. The van der Waals surface area contributed by atoms with Crippen molar-refractivity contribution in [3.63, 3.8) is 0 Å². The summed E-state index contributed by atoms with van der Waals surface area (Å²) in [7, 11) is 0. The lowest BCUT2D eigenvalue weighted by atomic mass is 10.0. The Hall–Kier alpha value is -2.51. The van der Waals surface area contributed by atoms with Crippen LogP contribution in [0.15, 0.2) is 18.7 Å². The van der Waals surface area contributed by atoms with Gasteiger partial charge in [-0.25, -0.2) is 9.67 Å². The Balaban J connectivity index is 1.80. The van der Waals surface area contributed by atoms with E-state index in [1.54, 1.807) is 11.0 Å². The van der Waals surface area contributed by atoms with Gasteiger partial charge in [-0.2, -0.15) is 10.2 Å². The molecule has 0 bridgehead atoms. The molecule has 1 aliphatic heterocycles. The summed E-state index contributed by atoms with van der Waals surface area (Å²) in [5.74, 6) is 0.957. The zero-order valence-electron chi connectivity index (χ0n) is 14.3. The summed E-state index contributed by atoms with van der Waals surface area (Å²) < 4.78 is 1.65. The Labute approximate surface area is 141 Å². The van der Waals surface area contributed by atoms with Crippen molar-refractivity contribution in [3.05, 3.63) is 30.0 Å². The molecule has 1 N–H and O–H groups in total. The minimum Gasteiger partial charge on any atom is -0.369 e. The Bertz CT molecular complexity index is 698. The number of aromatic nitrogens is 5. The molecule has 8 heteroatoms. The average Bonchev–Trinajstić information content (AvgIpc) is 3.08. The Kier molecular flexibility index (Phi) is 4.73. The van der Waals surface area contributed by atoms with Crippen molar-refractivity contribution in [1.82, 2.24) is 29.9 Å². The molecule has 3 heterocycles. The van der Waals surface area contributed by atoms with Crippen LogP contribution in [0.1, 0.15) is 38.1 Å². The van der Waals surface area contributed by atoms with Crippen LogP contribution >= 0.6 is 0 Å². The van der Waals surface area contributed by atoms with Crippen LogP contribution in [-0.2, 0) is 17.8 Å². The second-order valence-electron chi connectivity index (χ2n) is 6.31. The van der Waals surface area contributed by atoms with Gasteiger partial charge in [0.15, 0.2) is 0 Å². The molecule has 0 saturated heterocycles. The molecule has 1 atom stereocenters. The number of nitrogens with zero attached hydrogens (tertiary/aromatic N) is 6. The van der Waals surface area contributed by atoms with Crippen molar-refractivity contribution >= 4 is 11.7 Å². The molecule has 1 amide bonds. The van der Waals surface area contributed by atoms with Crippen LogP contribution in [0.25, 0.3) is 0 Å². The van der Waals surface area contributed by atoms with Gasteiger partial charge in [-0.15, -0.1) is 5.10 Å². The number of hydrogen-bond donors (Lipinski definition) is 1. The van der Waals surface area contributed by atoms with E-state index in [4.69, 9.17) is 0 Å². The summed E-state index contributed by atoms with van der Waals surface area (Å²) in [6.45, 7) is 8.06. The maximum Gasteiger partial charge on any atom is 0.248 e. The fraction of sp³-hybridized carbons (Fsp3) is 0.562. The SMILES string of the molecule is CCNc1cc2c(nn1)CCN(C(=O)[C@@H](C(C)C)n1cncn1)C2. The van der Waals surface area contributed by atoms with Gasteiger partial charge in [0.2, 0.25) is 5.91 Å². The summed E-state index contributed by atoms with van der Waals surface area (Å²) in [4.78, 5) is 18.9. The van der Waals surface area contributed by atoms with Gasteiger partial charge in [0, 0.05) is 26.1 Å². The maximum absolute atomic E-state index is 13.0. The fourth-order valence-corrected chi connectivity index (χ4v) is 3.04. The molecule has 0 aromatic carbocycles. The van der Waals surface area contributed by atoms with E-state index in [1.165, 1.54) is 6.33 Å². The average molecular weight is 329 g/mol. The monoisotopic (exact) mass is 329 g/mol. The zero-order valence-corrected chi connectivity index (χ0v) is 14.3. The molecule has 8 nitrogen and oxygen atoms in total. The van der Waals surface area contributed by atoms with Crippen molar-refractivity contribution < 1.29 is 4.79 Å². The lowest BCUT2D eigenvalue weighted by Crippen LogP contribution is -2.42. The van der Waals surface area contributed by atoms with Crippen LogP contribution in [-0.4, -0.2) is 48.9 Å². The van der Waals surface area contributed by atoms with E-state index in [0.717, 1.165) is 30.0 Å². The minimum absolute atomic E-state index is 0.0722. The predicted octanol–water partition coefficient (Wildman–Crippen LogP) is 1.28. The smallest absolute Gasteiger partial charge is 0.248 e. The van der Waals surface area contributed by atoms with Crippen LogP contribution in [0.5, 0.6) is 0 Å². The molecule has 0 spiro atoms. The first-order valence-corrected chi connectivity index (χ1v) is 8.32. The van der Waals surface area contributed by atoms with Crippen LogP contribution in [0, 0.1) is 5.92 Å². The van der Waals surface area contributed by atoms with Gasteiger partial charge in [0.25, 0.3) is 0 Å². The van der Waals surface area contributed by atoms with Gasteiger partial charge in [-0.3, -0.25) is 4.79 Å².